The van der Waals surface area contributed by atoms with E-state index in [1.807, 2.05) is 32.9 Å². The molecule has 1 heterocycles. The van der Waals surface area contributed by atoms with Gasteiger partial charge >= 0.3 is 5.97 Å². The fourth-order valence-electron chi connectivity index (χ4n) is 2.37. The van der Waals surface area contributed by atoms with Crippen molar-refractivity contribution in [2.75, 3.05) is 23.2 Å². The van der Waals surface area contributed by atoms with Gasteiger partial charge in [-0.15, -0.1) is 11.8 Å². The second-order valence-electron chi connectivity index (χ2n) is 6.97. The topological polar surface area (TPSA) is 109 Å². The fraction of sp³-hybridized carbons (Fsp3) is 0.400. The van der Waals surface area contributed by atoms with E-state index in [2.05, 4.69) is 10.3 Å². The minimum atomic E-state index is -1.00. The predicted molar refractivity (Wildman–Crippen MR) is 118 cm³/mol. The summed E-state index contributed by atoms with van der Waals surface area (Å²) in [6, 6.07) is 7.24. The van der Waals surface area contributed by atoms with Crippen LogP contribution in [0.4, 0.5) is 10.8 Å². The maximum Gasteiger partial charge on any atom is 0.309 e. The number of thiazole rings is 1. The summed E-state index contributed by atoms with van der Waals surface area (Å²) in [6.45, 7) is 6.19. The van der Waals surface area contributed by atoms with Crippen LogP contribution in [-0.2, 0) is 25.6 Å². The SMILES string of the molecule is CSc1sc(NC(=O)CC(=O)N(OCC(C)C)c2ccc(C)cc2)nc1CC(=O)O. The number of carbonyl (C=O) groups excluding carboxylic acids is 2. The van der Waals surface area contributed by atoms with Crippen molar-refractivity contribution in [1.29, 1.82) is 0 Å². The van der Waals surface area contributed by atoms with Crippen molar-refractivity contribution < 1.29 is 24.3 Å². The van der Waals surface area contributed by atoms with Crippen LogP contribution in [0.5, 0.6) is 0 Å². The van der Waals surface area contributed by atoms with Crippen LogP contribution >= 0.6 is 23.1 Å². The van der Waals surface area contributed by atoms with Gasteiger partial charge < -0.3 is 10.4 Å². The second-order valence-corrected chi connectivity index (χ2v) is 9.04. The van der Waals surface area contributed by atoms with Crippen molar-refractivity contribution in [1.82, 2.24) is 4.98 Å². The first-order valence-electron chi connectivity index (χ1n) is 9.27. The normalized spacial score (nSPS) is 10.8. The molecule has 0 aliphatic heterocycles. The standard InChI is InChI=1S/C20H25N3O5S2/c1-12(2)11-28-23(14-7-5-13(3)6-8-14)17(25)10-16(24)22-20-21-15(9-18(26)27)19(29-4)30-20/h5-8,12H,9-11H2,1-4H3,(H,26,27)(H,21,22,24). The first-order valence-corrected chi connectivity index (χ1v) is 11.3. The average Bonchev–Trinajstić information content (AvgIpc) is 3.03. The number of aliphatic carboxylic acids is 1. The van der Waals surface area contributed by atoms with Gasteiger partial charge in [0, 0.05) is 0 Å². The molecule has 2 rings (SSSR count). The summed E-state index contributed by atoms with van der Waals surface area (Å²) in [7, 11) is 0. The number of nitrogens with one attached hydrogen (secondary N) is 1. The maximum absolute atomic E-state index is 12.8. The highest BCUT2D eigenvalue weighted by Gasteiger charge is 2.22. The van der Waals surface area contributed by atoms with Crippen LogP contribution in [0.2, 0.25) is 0 Å². The molecule has 10 heteroatoms. The molecule has 0 saturated heterocycles. The number of carbonyl (C=O) groups is 3. The van der Waals surface area contributed by atoms with Gasteiger partial charge in [-0.3, -0.25) is 19.2 Å². The van der Waals surface area contributed by atoms with E-state index in [0.717, 1.165) is 10.6 Å². The van der Waals surface area contributed by atoms with Gasteiger partial charge in [-0.2, -0.15) is 5.06 Å². The maximum atomic E-state index is 12.8. The molecule has 0 saturated carbocycles. The van der Waals surface area contributed by atoms with E-state index in [1.165, 1.54) is 23.1 Å². The van der Waals surface area contributed by atoms with E-state index >= 15 is 0 Å². The zero-order valence-electron chi connectivity index (χ0n) is 17.3. The van der Waals surface area contributed by atoms with E-state index in [4.69, 9.17) is 9.94 Å². The van der Waals surface area contributed by atoms with Gasteiger partial charge in [0.25, 0.3) is 5.91 Å². The highest BCUT2D eigenvalue weighted by molar-refractivity contribution is 8.00. The van der Waals surface area contributed by atoms with Crippen molar-refractivity contribution in [3.63, 3.8) is 0 Å². The lowest BCUT2D eigenvalue weighted by Crippen LogP contribution is -2.35. The molecule has 0 fully saturated rings. The van der Waals surface area contributed by atoms with Crippen LogP contribution in [0.25, 0.3) is 0 Å². The predicted octanol–water partition coefficient (Wildman–Crippen LogP) is 3.75. The molecule has 0 atom stereocenters. The quantitative estimate of drug-likeness (QED) is 0.322. The number of amides is 2. The summed E-state index contributed by atoms with van der Waals surface area (Å²) in [6.07, 6.45) is 1.14. The van der Waals surface area contributed by atoms with Crippen molar-refractivity contribution in [2.45, 2.75) is 37.8 Å². The molecular formula is C20H25N3O5S2. The van der Waals surface area contributed by atoms with Crippen molar-refractivity contribution in [2.24, 2.45) is 5.92 Å². The Kier molecular flexibility index (Phi) is 8.82. The number of nitrogens with zero attached hydrogens (tertiary/aromatic N) is 2. The lowest BCUT2D eigenvalue weighted by Gasteiger charge is -2.23. The second kappa shape index (κ2) is 11.1. The van der Waals surface area contributed by atoms with Gasteiger partial charge in [0.2, 0.25) is 5.91 Å². The van der Waals surface area contributed by atoms with E-state index in [-0.39, 0.29) is 17.5 Å². The lowest BCUT2D eigenvalue weighted by molar-refractivity contribution is -0.136. The van der Waals surface area contributed by atoms with Crippen molar-refractivity contribution >= 4 is 51.7 Å². The highest BCUT2D eigenvalue weighted by atomic mass is 32.2. The molecule has 0 aliphatic rings. The Morgan fingerprint density at radius 1 is 1.27 bits per heavy atom. The summed E-state index contributed by atoms with van der Waals surface area (Å²) in [4.78, 5) is 45.9. The number of rotatable bonds is 10. The number of hydroxylamine groups is 1. The Labute approximate surface area is 183 Å². The molecule has 30 heavy (non-hydrogen) atoms. The number of thioether (sulfide) groups is 1. The third-order valence-electron chi connectivity index (χ3n) is 3.76. The van der Waals surface area contributed by atoms with Crippen LogP contribution in [0.1, 0.15) is 31.5 Å². The largest absolute Gasteiger partial charge is 0.481 e. The molecule has 162 valence electrons. The zero-order chi connectivity index (χ0) is 22.3. The molecule has 1 aromatic carbocycles. The third kappa shape index (κ3) is 7.12. The summed E-state index contributed by atoms with van der Waals surface area (Å²) in [5.41, 5.74) is 1.98. The number of anilines is 2. The van der Waals surface area contributed by atoms with E-state index in [0.29, 0.717) is 22.2 Å². The first kappa shape index (κ1) is 23.8. The van der Waals surface area contributed by atoms with Gasteiger partial charge in [-0.05, 0) is 31.2 Å². The molecule has 1 aromatic heterocycles. The Hall–Kier alpha value is -2.43. The van der Waals surface area contributed by atoms with Gasteiger partial charge in [0.1, 0.15) is 6.42 Å². The number of aryl methyl sites for hydroxylation is 1. The fourth-order valence-corrected chi connectivity index (χ4v) is 4.03. The molecule has 2 N–H and O–H groups in total. The zero-order valence-corrected chi connectivity index (χ0v) is 18.9. The van der Waals surface area contributed by atoms with Crippen molar-refractivity contribution in [3.8, 4) is 0 Å². The first-order chi connectivity index (χ1) is 14.2. The number of aromatic nitrogens is 1. The monoisotopic (exact) mass is 451 g/mol. The molecule has 0 radical (unpaired) electrons. The Balaban J connectivity index is 2.09. The molecule has 0 bridgehead atoms. The number of hydrogen-bond acceptors (Lipinski definition) is 7. The van der Waals surface area contributed by atoms with Crippen LogP contribution in [-0.4, -0.2) is 40.7 Å². The minimum Gasteiger partial charge on any atom is -0.481 e. The highest BCUT2D eigenvalue weighted by Crippen LogP contribution is 2.31. The molecule has 2 amide bonds. The molecule has 8 nitrogen and oxygen atoms in total. The summed E-state index contributed by atoms with van der Waals surface area (Å²) < 4.78 is 0.709. The van der Waals surface area contributed by atoms with E-state index < -0.39 is 24.2 Å². The smallest absolute Gasteiger partial charge is 0.309 e. The lowest BCUT2D eigenvalue weighted by atomic mass is 10.2. The van der Waals surface area contributed by atoms with Crippen LogP contribution < -0.4 is 10.4 Å². The Morgan fingerprint density at radius 2 is 1.93 bits per heavy atom. The Morgan fingerprint density at radius 3 is 2.50 bits per heavy atom. The molecule has 0 spiro atoms. The summed E-state index contributed by atoms with van der Waals surface area (Å²) in [5, 5.41) is 13.0. The molecule has 0 aliphatic carbocycles. The van der Waals surface area contributed by atoms with Gasteiger partial charge in [0.15, 0.2) is 5.13 Å². The Bertz CT molecular complexity index is 896. The number of carboxylic acids is 1. The average molecular weight is 452 g/mol. The number of carboxylic acid groups (broad SMARTS) is 1. The number of benzene rings is 1. The number of hydrogen-bond donors (Lipinski definition) is 2. The van der Waals surface area contributed by atoms with Gasteiger partial charge in [-0.25, -0.2) is 4.98 Å². The van der Waals surface area contributed by atoms with Crippen LogP contribution in [0.3, 0.4) is 0 Å². The molecular weight excluding hydrogens is 426 g/mol. The molecule has 0 unspecified atom stereocenters. The van der Waals surface area contributed by atoms with Gasteiger partial charge in [-0.1, -0.05) is 42.9 Å². The van der Waals surface area contributed by atoms with Crippen molar-refractivity contribution in [3.05, 3.63) is 35.5 Å². The van der Waals surface area contributed by atoms with E-state index in [9.17, 15) is 14.4 Å². The van der Waals surface area contributed by atoms with Crippen LogP contribution in [0, 0.1) is 12.8 Å². The minimum absolute atomic E-state index is 0.201. The molecule has 2 aromatic rings. The van der Waals surface area contributed by atoms with Gasteiger partial charge in [0.05, 0.1) is 28.6 Å². The van der Waals surface area contributed by atoms with Crippen LogP contribution in [0.15, 0.2) is 28.5 Å². The summed E-state index contributed by atoms with van der Waals surface area (Å²) in [5.74, 6) is -1.86. The van der Waals surface area contributed by atoms with E-state index in [1.54, 1.807) is 18.4 Å². The third-order valence-corrected chi connectivity index (χ3v) is 5.92. The summed E-state index contributed by atoms with van der Waals surface area (Å²) >= 11 is 2.54.